The number of methoxy groups -OCH3 is 4. The number of carboxylic acid groups (broad SMARTS) is 1. The van der Waals surface area contributed by atoms with E-state index < -0.39 is 17.4 Å². The molecule has 2 N–H and O–H groups in total. The Morgan fingerprint density at radius 2 is 1.62 bits per heavy atom. The van der Waals surface area contributed by atoms with Crippen molar-refractivity contribution in [2.24, 2.45) is 0 Å². The van der Waals surface area contributed by atoms with Crippen LogP contribution in [0.15, 0.2) is 12.1 Å². The van der Waals surface area contributed by atoms with Crippen LogP contribution in [-0.2, 0) is 20.7 Å². The van der Waals surface area contributed by atoms with Crippen LogP contribution in [0.3, 0.4) is 0 Å². The highest BCUT2D eigenvalue weighted by atomic mass is 16.5. The summed E-state index contributed by atoms with van der Waals surface area (Å²) in [7, 11) is 5.80. The number of nitrogens with one attached hydrogen (secondary N) is 1. The van der Waals surface area contributed by atoms with Crippen molar-refractivity contribution in [1.82, 2.24) is 5.32 Å². The largest absolute Gasteiger partial charge is 0.493 e. The molecule has 8 nitrogen and oxygen atoms in total. The smallest absolute Gasteiger partial charge is 0.331 e. The molecule has 134 valence electrons. The van der Waals surface area contributed by atoms with Gasteiger partial charge >= 0.3 is 5.97 Å². The molecule has 0 radical (unpaired) electrons. The molecule has 1 aromatic rings. The van der Waals surface area contributed by atoms with E-state index in [1.165, 1.54) is 35.4 Å². The second-order valence-corrected chi connectivity index (χ2v) is 5.33. The molecule has 1 aromatic carbocycles. The lowest BCUT2D eigenvalue weighted by Gasteiger charge is -2.25. The summed E-state index contributed by atoms with van der Waals surface area (Å²) in [5.41, 5.74) is -0.918. The first-order chi connectivity index (χ1) is 11.3. The zero-order chi connectivity index (χ0) is 18.3. The summed E-state index contributed by atoms with van der Waals surface area (Å²) in [6.45, 7) is 1.23. The van der Waals surface area contributed by atoms with Gasteiger partial charge in [-0.1, -0.05) is 0 Å². The average Bonchev–Trinajstić information content (AvgIpc) is 2.53. The van der Waals surface area contributed by atoms with Gasteiger partial charge in [-0.3, -0.25) is 4.79 Å². The fraction of sp³-hybridized carbons (Fsp3) is 0.500. The Morgan fingerprint density at radius 1 is 1.08 bits per heavy atom. The molecule has 0 aromatic heterocycles. The van der Waals surface area contributed by atoms with Crippen LogP contribution in [-0.4, -0.2) is 57.6 Å². The van der Waals surface area contributed by atoms with E-state index in [1.54, 1.807) is 12.1 Å². The maximum absolute atomic E-state index is 12.2. The van der Waals surface area contributed by atoms with Crippen molar-refractivity contribution in [3.63, 3.8) is 0 Å². The lowest BCUT2D eigenvalue weighted by Crippen LogP contribution is -2.55. The van der Waals surface area contributed by atoms with Crippen molar-refractivity contribution in [2.75, 3.05) is 35.0 Å². The molecule has 0 aliphatic rings. The van der Waals surface area contributed by atoms with Crippen LogP contribution in [0.2, 0.25) is 0 Å². The van der Waals surface area contributed by atoms with Gasteiger partial charge in [0.1, 0.15) is 0 Å². The summed E-state index contributed by atoms with van der Waals surface area (Å²) in [5.74, 6) is -0.400. The minimum absolute atomic E-state index is 0.0523. The van der Waals surface area contributed by atoms with Crippen molar-refractivity contribution in [3.8, 4) is 17.2 Å². The van der Waals surface area contributed by atoms with Crippen LogP contribution < -0.4 is 19.5 Å². The van der Waals surface area contributed by atoms with Gasteiger partial charge in [0, 0.05) is 7.11 Å². The molecule has 8 heteroatoms. The Hall–Kier alpha value is -2.48. The summed E-state index contributed by atoms with van der Waals surface area (Å²) in [6.07, 6.45) is -0.0523. The molecule has 1 rings (SSSR count). The van der Waals surface area contributed by atoms with E-state index in [4.69, 9.17) is 18.9 Å². The highest BCUT2D eigenvalue weighted by molar-refractivity contribution is 5.88. The van der Waals surface area contributed by atoms with E-state index in [2.05, 4.69) is 5.32 Å². The van der Waals surface area contributed by atoms with Gasteiger partial charge in [-0.05, 0) is 24.6 Å². The highest BCUT2D eigenvalue weighted by Crippen LogP contribution is 2.38. The predicted octanol–water partition coefficient (Wildman–Crippen LogP) is 0.861. The minimum Gasteiger partial charge on any atom is -0.493 e. The number of rotatable bonds is 9. The quantitative estimate of drug-likeness (QED) is 0.686. The maximum Gasteiger partial charge on any atom is 0.331 e. The number of benzene rings is 1. The molecule has 0 fully saturated rings. The maximum atomic E-state index is 12.2. The van der Waals surface area contributed by atoms with E-state index in [0.29, 0.717) is 22.8 Å². The number of ether oxygens (including phenoxy) is 4. The third kappa shape index (κ3) is 4.51. The Bertz CT molecular complexity index is 577. The number of carbonyl (C=O) groups excluding carboxylic acids is 1. The Balaban J connectivity index is 3.00. The summed E-state index contributed by atoms with van der Waals surface area (Å²) < 4.78 is 20.5. The van der Waals surface area contributed by atoms with Crippen molar-refractivity contribution >= 4 is 11.9 Å². The monoisotopic (exact) mass is 341 g/mol. The zero-order valence-electron chi connectivity index (χ0n) is 14.5. The van der Waals surface area contributed by atoms with Crippen molar-refractivity contribution in [2.45, 2.75) is 18.9 Å². The third-order valence-electron chi connectivity index (χ3n) is 3.41. The molecule has 0 saturated carbocycles. The van der Waals surface area contributed by atoms with E-state index in [0.717, 1.165) is 0 Å². The molecule has 1 unspecified atom stereocenters. The fourth-order valence-corrected chi connectivity index (χ4v) is 2.21. The molecule has 1 atom stereocenters. The van der Waals surface area contributed by atoms with Gasteiger partial charge in [0.25, 0.3) is 0 Å². The second-order valence-electron chi connectivity index (χ2n) is 5.33. The molecule has 0 aliphatic carbocycles. The molecule has 0 heterocycles. The molecule has 24 heavy (non-hydrogen) atoms. The number of aliphatic carboxylic acids is 1. The number of hydrogen-bond acceptors (Lipinski definition) is 6. The Kier molecular flexibility index (Phi) is 6.84. The third-order valence-corrected chi connectivity index (χ3v) is 3.41. The van der Waals surface area contributed by atoms with Crippen molar-refractivity contribution in [1.29, 1.82) is 0 Å². The number of hydrogen-bond donors (Lipinski definition) is 2. The van der Waals surface area contributed by atoms with E-state index >= 15 is 0 Å². The van der Waals surface area contributed by atoms with Gasteiger partial charge in [-0.2, -0.15) is 0 Å². The topological polar surface area (TPSA) is 103 Å². The Morgan fingerprint density at radius 3 is 2.00 bits per heavy atom. The normalized spacial score (nSPS) is 12.9. The summed E-state index contributed by atoms with van der Waals surface area (Å²) in [5, 5.41) is 11.7. The van der Waals surface area contributed by atoms with Gasteiger partial charge in [0.05, 0.1) is 34.4 Å². The molecule has 1 amide bonds. The van der Waals surface area contributed by atoms with Crippen LogP contribution in [0.4, 0.5) is 0 Å². The molecular weight excluding hydrogens is 318 g/mol. The second kappa shape index (κ2) is 8.39. The number of amides is 1. The molecule has 0 aliphatic heterocycles. The first kappa shape index (κ1) is 19.6. The summed E-state index contributed by atoms with van der Waals surface area (Å²) in [4.78, 5) is 23.6. The summed E-state index contributed by atoms with van der Waals surface area (Å²) >= 11 is 0. The lowest BCUT2D eigenvalue weighted by atomic mass is 10.0. The van der Waals surface area contributed by atoms with Crippen LogP contribution in [0, 0.1) is 0 Å². The van der Waals surface area contributed by atoms with Gasteiger partial charge in [-0.25, -0.2) is 4.79 Å². The van der Waals surface area contributed by atoms with E-state index in [-0.39, 0.29) is 13.0 Å². The van der Waals surface area contributed by atoms with Crippen molar-refractivity contribution < 1.29 is 33.6 Å². The molecule has 0 spiro atoms. The number of carboxylic acids is 1. The van der Waals surface area contributed by atoms with Crippen LogP contribution >= 0.6 is 0 Å². The number of carbonyl (C=O) groups is 2. The van der Waals surface area contributed by atoms with E-state index in [9.17, 15) is 14.7 Å². The van der Waals surface area contributed by atoms with Crippen LogP contribution in [0.25, 0.3) is 0 Å². The first-order valence-electron chi connectivity index (χ1n) is 7.13. The van der Waals surface area contributed by atoms with Gasteiger partial charge in [-0.15, -0.1) is 0 Å². The predicted molar refractivity (Wildman–Crippen MR) is 85.9 cm³/mol. The van der Waals surface area contributed by atoms with Gasteiger partial charge in [0.15, 0.2) is 17.0 Å². The van der Waals surface area contributed by atoms with Crippen LogP contribution in [0.5, 0.6) is 17.2 Å². The highest BCUT2D eigenvalue weighted by Gasteiger charge is 2.35. The average molecular weight is 341 g/mol. The minimum atomic E-state index is -1.51. The fourth-order valence-electron chi connectivity index (χ4n) is 2.21. The van der Waals surface area contributed by atoms with Gasteiger partial charge < -0.3 is 29.4 Å². The lowest BCUT2D eigenvalue weighted by molar-refractivity contribution is -0.149. The SMILES string of the molecule is COCC(C)(NC(=O)Cc1cc(OC)c(OC)c(OC)c1)C(=O)O. The standard InChI is InChI=1S/C16H23NO7/c1-16(9-21-2,15(19)20)17-13(18)8-10-6-11(22-3)14(24-5)12(7-10)23-4/h6-7H,8-9H2,1-5H3,(H,17,18)(H,19,20). The van der Waals surface area contributed by atoms with Crippen LogP contribution in [0.1, 0.15) is 12.5 Å². The zero-order valence-corrected chi connectivity index (χ0v) is 14.5. The van der Waals surface area contributed by atoms with Crippen molar-refractivity contribution in [3.05, 3.63) is 17.7 Å². The Labute approximate surface area is 140 Å². The first-order valence-corrected chi connectivity index (χ1v) is 7.13. The molecular formula is C16H23NO7. The molecule has 0 saturated heterocycles. The molecule has 0 bridgehead atoms. The van der Waals surface area contributed by atoms with Gasteiger partial charge in [0.2, 0.25) is 11.7 Å². The van der Waals surface area contributed by atoms with E-state index in [1.807, 2.05) is 0 Å². The summed E-state index contributed by atoms with van der Waals surface area (Å²) in [6, 6.07) is 3.27.